The van der Waals surface area contributed by atoms with E-state index in [-0.39, 0.29) is 0 Å². The molecule has 0 bridgehead atoms. The van der Waals surface area contributed by atoms with E-state index in [0.717, 1.165) is 13.0 Å². The molecule has 0 aliphatic carbocycles. The second kappa shape index (κ2) is 7.57. The van der Waals surface area contributed by atoms with Gasteiger partial charge in [0, 0.05) is 44.6 Å². The molecule has 0 saturated carbocycles. The number of nitrogens with zero attached hydrogens (tertiary/aromatic N) is 2. The predicted molar refractivity (Wildman–Crippen MR) is 111 cm³/mol. The standard InChI is InChI=1S/C22H24N3P/c1-16-5-3-4-6-19(16)15-24-22-10-9-20-17(2)7-8-21(25(20)26-22)18-11-13-23-14-12-18/h3-6,8-14,22,24,26H,7,15H2,1-2H3. The van der Waals surface area contributed by atoms with Gasteiger partial charge in [0.25, 0.3) is 0 Å². The third-order valence-corrected chi connectivity index (χ3v) is 6.40. The normalized spacial score (nSPS) is 20.3. The summed E-state index contributed by atoms with van der Waals surface area (Å²) in [6.07, 6.45) is 11.7. The fourth-order valence-electron chi connectivity index (χ4n) is 3.40. The van der Waals surface area contributed by atoms with E-state index < -0.39 is 0 Å². The largest absolute Gasteiger partial charge is 0.321 e. The Morgan fingerprint density at radius 3 is 2.77 bits per heavy atom. The highest BCUT2D eigenvalue weighted by Crippen LogP contribution is 2.45. The molecule has 4 rings (SSSR count). The highest BCUT2D eigenvalue weighted by molar-refractivity contribution is 7.37. The SMILES string of the molecule is CC1=C2C=CC(NCc3ccccc3C)PN2C(c2ccncc2)=CC1. The van der Waals surface area contributed by atoms with Crippen LogP contribution in [0.25, 0.3) is 5.70 Å². The van der Waals surface area contributed by atoms with Crippen molar-refractivity contribution in [2.45, 2.75) is 32.6 Å². The molecule has 1 aromatic heterocycles. The number of pyridine rings is 1. The van der Waals surface area contributed by atoms with E-state index in [0.29, 0.717) is 14.5 Å². The Labute approximate surface area is 157 Å². The molecule has 2 aliphatic heterocycles. The molecule has 0 amide bonds. The summed E-state index contributed by atoms with van der Waals surface area (Å²) in [5.74, 6) is 0.356. The Morgan fingerprint density at radius 2 is 1.96 bits per heavy atom. The first-order valence-electron chi connectivity index (χ1n) is 9.05. The van der Waals surface area contributed by atoms with Crippen LogP contribution in [0.15, 0.2) is 78.3 Å². The molecular formula is C22H24N3P. The Hall–Kier alpha value is -2.22. The second-order valence-corrected chi connectivity index (χ2v) is 8.13. The van der Waals surface area contributed by atoms with E-state index in [2.05, 4.69) is 83.4 Å². The van der Waals surface area contributed by atoms with Crippen molar-refractivity contribution in [3.8, 4) is 0 Å². The first-order chi connectivity index (χ1) is 12.7. The number of aryl methyl sites for hydroxylation is 1. The number of benzene rings is 1. The van der Waals surface area contributed by atoms with Gasteiger partial charge in [-0.05, 0) is 55.2 Å². The lowest BCUT2D eigenvalue weighted by atomic mass is 10.0. The van der Waals surface area contributed by atoms with Gasteiger partial charge in [-0.1, -0.05) is 36.4 Å². The van der Waals surface area contributed by atoms with Gasteiger partial charge >= 0.3 is 0 Å². The minimum atomic E-state index is 0.356. The topological polar surface area (TPSA) is 28.2 Å². The zero-order valence-electron chi connectivity index (χ0n) is 15.2. The second-order valence-electron chi connectivity index (χ2n) is 6.80. The van der Waals surface area contributed by atoms with Gasteiger partial charge in [-0.3, -0.25) is 4.98 Å². The molecule has 0 saturated heterocycles. The van der Waals surface area contributed by atoms with E-state index in [1.54, 1.807) is 0 Å². The molecule has 26 heavy (non-hydrogen) atoms. The minimum absolute atomic E-state index is 0.356. The summed E-state index contributed by atoms with van der Waals surface area (Å²) >= 11 is 0. The number of hydrogen-bond acceptors (Lipinski definition) is 3. The van der Waals surface area contributed by atoms with Crippen molar-refractivity contribution in [1.29, 1.82) is 0 Å². The molecule has 0 spiro atoms. The van der Waals surface area contributed by atoms with E-state index in [1.807, 2.05) is 12.4 Å². The molecule has 2 aliphatic rings. The Kier molecular flexibility index (Phi) is 5.01. The van der Waals surface area contributed by atoms with Crippen LogP contribution >= 0.6 is 8.73 Å². The Morgan fingerprint density at radius 1 is 1.15 bits per heavy atom. The van der Waals surface area contributed by atoms with Crippen LogP contribution in [0.2, 0.25) is 0 Å². The van der Waals surface area contributed by atoms with Gasteiger partial charge in [-0.15, -0.1) is 0 Å². The number of nitrogens with one attached hydrogen (secondary N) is 1. The Bertz CT molecular complexity index is 883. The van der Waals surface area contributed by atoms with E-state index >= 15 is 0 Å². The minimum Gasteiger partial charge on any atom is -0.321 e. The van der Waals surface area contributed by atoms with Crippen molar-refractivity contribution >= 4 is 14.4 Å². The molecule has 132 valence electrons. The van der Waals surface area contributed by atoms with Crippen molar-refractivity contribution in [3.05, 3.63) is 95.0 Å². The Balaban J connectivity index is 1.53. The zero-order chi connectivity index (χ0) is 17.9. The van der Waals surface area contributed by atoms with Crippen LogP contribution in [0.1, 0.15) is 30.0 Å². The molecule has 2 aromatic rings. The number of hydrogen-bond donors (Lipinski definition) is 1. The number of fused-ring (bicyclic) bond motifs is 1. The van der Waals surface area contributed by atoms with Gasteiger partial charge in [0.2, 0.25) is 0 Å². The highest BCUT2D eigenvalue weighted by Gasteiger charge is 2.26. The van der Waals surface area contributed by atoms with Gasteiger partial charge in [0.1, 0.15) is 0 Å². The third kappa shape index (κ3) is 3.51. The van der Waals surface area contributed by atoms with E-state index in [9.17, 15) is 0 Å². The molecule has 1 N–H and O–H groups in total. The molecule has 1 aromatic carbocycles. The van der Waals surface area contributed by atoms with E-state index in [4.69, 9.17) is 0 Å². The smallest absolute Gasteiger partial charge is 0.0623 e. The van der Waals surface area contributed by atoms with E-state index in [1.165, 1.54) is 33.7 Å². The monoisotopic (exact) mass is 361 g/mol. The summed E-state index contributed by atoms with van der Waals surface area (Å²) in [5, 5.41) is 3.72. The average Bonchev–Trinajstić information content (AvgIpc) is 2.68. The maximum Gasteiger partial charge on any atom is 0.0623 e. The fourth-order valence-corrected chi connectivity index (χ4v) is 4.82. The molecule has 2 unspecified atom stereocenters. The maximum absolute atomic E-state index is 4.16. The lowest BCUT2D eigenvalue weighted by molar-refractivity contribution is 0.671. The van der Waals surface area contributed by atoms with Gasteiger partial charge in [0.15, 0.2) is 0 Å². The lowest BCUT2D eigenvalue weighted by Gasteiger charge is -2.38. The molecule has 0 fully saturated rings. The molecule has 0 radical (unpaired) electrons. The van der Waals surface area contributed by atoms with Gasteiger partial charge in [0.05, 0.1) is 5.78 Å². The van der Waals surface area contributed by atoms with Crippen LogP contribution in [0.5, 0.6) is 0 Å². The first kappa shape index (κ1) is 17.2. The number of allylic oxidation sites excluding steroid dienone is 3. The van der Waals surface area contributed by atoms with Gasteiger partial charge < -0.3 is 9.99 Å². The fraction of sp³-hybridized carbons (Fsp3) is 0.227. The molecule has 4 heteroatoms. The molecule has 3 nitrogen and oxygen atoms in total. The van der Waals surface area contributed by atoms with Crippen molar-refractivity contribution in [1.82, 2.24) is 15.0 Å². The summed E-state index contributed by atoms with van der Waals surface area (Å²) in [5.41, 5.74) is 8.04. The van der Waals surface area contributed by atoms with Crippen LogP contribution in [0.3, 0.4) is 0 Å². The summed E-state index contributed by atoms with van der Waals surface area (Å²) in [7, 11) is 0.651. The average molecular weight is 361 g/mol. The third-order valence-electron chi connectivity index (χ3n) is 4.99. The molecule has 3 heterocycles. The summed E-state index contributed by atoms with van der Waals surface area (Å²) < 4.78 is 2.48. The van der Waals surface area contributed by atoms with Crippen LogP contribution in [-0.4, -0.2) is 15.4 Å². The zero-order valence-corrected chi connectivity index (χ0v) is 16.2. The summed E-state index contributed by atoms with van der Waals surface area (Å²) in [6.45, 7) is 5.31. The molecule has 2 atom stereocenters. The lowest BCUT2D eigenvalue weighted by Crippen LogP contribution is -2.30. The van der Waals surface area contributed by atoms with Gasteiger partial charge in [-0.2, -0.15) is 0 Å². The summed E-state index contributed by atoms with van der Waals surface area (Å²) in [6, 6.07) is 12.8. The van der Waals surface area contributed by atoms with Crippen molar-refractivity contribution in [2.24, 2.45) is 0 Å². The maximum atomic E-state index is 4.16. The summed E-state index contributed by atoms with van der Waals surface area (Å²) in [4.78, 5) is 4.16. The van der Waals surface area contributed by atoms with Crippen LogP contribution in [0, 0.1) is 6.92 Å². The molecular weight excluding hydrogens is 337 g/mol. The van der Waals surface area contributed by atoms with Crippen molar-refractivity contribution < 1.29 is 0 Å². The quantitative estimate of drug-likeness (QED) is 0.778. The first-order valence-corrected chi connectivity index (χ1v) is 10.1. The number of rotatable bonds is 4. The van der Waals surface area contributed by atoms with Crippen LogP contribution in [-0.2, 0) is 6.54 Å². The van der Waals surface area contributed by atoms with Crippen molar-refractivity contribution in [3.63, 3.8) is 0 Å². The van der Waals surface area contributed by atoms with Crippen molar-refractivity contribution in [2.75, 3.05) is 0 Å². The highest BCUT2D eigenvalue weighted by atomic mass is 31.1. The number of aromatic nitrogens is 1. The predicted octanol–water partition coefficient (Wildman–Crippen LogP) is 4.99. The van der Waals surface area contributed by atoms with Crippen LogP contribution in [0.4, 0.5) is 0 Å². The van der Waals surface area contributed by atoms with Crippen LogP contribution < -0.4 is 5.32 Å². The van der Waals surface area contributed by atoms with Gasteiger partial charge in [-0.25, -0.2) is 0 Å².